The number of aromatic amines is 1. The van der Waals surface area contributed by atoms with Crippen molar-refractivity contribution in [3.63, 3.8) is 0 Å². The molecular formula is C24H28N4O3. The summed E-state index contributed by atoms with van der Waals surface area (Å²) in [5.41, 5.74) is 2.65. The molecular weight excluding hydrogens is 392 g/mol. The van der Waals surface area contributed by atoms with Crippen LogP contribution in [0.4, 0.5) is 0 Å². The molecule has 31 heavy (non-hydrogen) atoms. The zero-order valence-corrected chi connectivity index (χ0v) is 18.0. The van der Waals surface area contributed by atoms with Crippen LogP contribution in [0, 0.1) is 12.8 Å². The lowest BCUT2D eigenvalue weighted by Gasteiger charge is -2.32. The number of rotatable bonds is 6. The van der Waals surface area contributed by atoms with E-state index in [1.165, 1.54) is 0 Å². The molecule has 3 aromatic rings. The maximum absolute atomic E-state index is 12.7. The number of amides is 1. The van der Waals surface area contributed by atoms with Crippen LogP contribution in [0.1, 0.15) is 29.8 Å². The van der Waals surface area contributed by atoms with Crippen molar-refractivity contribution in [1.82, 2.24) is 19.7 Å². The van der Waals surface area contributed by atoms with Gasteiger partial charge in [-0.3, -0.25) is 4.79 Å². The van der Waals surface area contributed by atoms with E-state index in [1.54, 1.807) is 11.7 Å². The number of carbonyl (C=O) groups is 1. The Kier molecular flexibility index (Phi) is 6.21. The van der Waals surface area contributed by atoms with Crippen molar-refractivity contribution in [3.05, 3.63) is 76.0 Å². The molecule has 1 aromatic heterocycles. The lowest BCUT2D eigenvalue weighted by Crippen LogP contribution is -2.40. The quantitative estimate of drug-likeness (QED) is 0.665. The number of ether oxygens (including phenoxy) is 1. The summed E-state index contributed by atoms with van der Waals surface area (Å²) in [6.07, 6.45) is 2.90. The van der Waals surface area contributed by atoms with Crippen molar-refractivity contribution in [3.8, 4) is 11.4 Å². The van der Waals surface area contributed by atoms with Gasteiger partial charge in [0.1, 0.15) is 11.6 Å². The third-order valence-corrected chi connectivity index (χ3v) is 6.03. The molecule has 0 bridgehead atoms. The topological polar surface area (TPSA) is 80.2 Å². The number of benzene rings is 2. The number of nitrogens with one attached hydrogen (secondary N) is 1. The lowest BCUT2D eigenvalue weighted by molar-refractivity contribution is -0.131. The highest BCUT2D eigenvalue weighted by Gasteiger charge is 2.25. The van der Waals surface area contributed by atoms with Crippen LogP contribution in [0.5, 0.6) is 5.75 Å². The molecule has 0 unspecified atom stereocenters. The van der Waals surface area contributed by atoms with Gasteiger partial charge in [0.25, 0.3) is 0 Å². The fraction of sp³-hybridized carbons (Fsp3) is 0.375. The predicted molar refractivity (Wildman–Crippen MR) is 119 cm³/mol. The fourth-order valence-electron chi connectivity index (χ4n) is 4.24. The molecule has 7 nitrogen and oxygen atoms in total. The summed E-state index contributed by atoms with van der Waals surface area (Å²) in [7, 11) is 1.63. The molecule has 1 amide bonds. The molecule has 0 radical (unpaired) electrons. The van der Waals surface area contributed by atoms with E-state index in [0.29, 0.717) is 18.8 Å². The lowest BCUT2D eigenvalue weighted by atomic mass is 9.92. The first kappa shape index (κ1) is 20.9. The highest BCUT2D eigenvalue weighted by molar-refractivity contribution is 5.79. The molecule has 4 rings (SSSR count). The van der Waals surface area contributed by atoms with E-state index in [1.807, 2.05) is 60.4 Å². The zero-order chi connectivity index (χ0) is 21.8. The Hall–Kier alpha value is -3.35. The maximum atomic E-state index is 12.7. The monoisotopic (exact) mass is 420 g/mol. The summed E-state index contributed by atoms with van der Waals surface area (Å²) in [4.78, 5) is 27.1. The summed E-state index contributed by atoms with van der Waals surface area (Å²) in [5.74, 6) is 2.05. The van der Waals surface area contributed by atoms with Crippen LogP contribution in [0.15, 0.2) is 53.3 Å². The van der Waals surface area contributed by atoms with Crippen molar-refractivity contribution in [1.29, 1.82) is 0 Å². The summed E-state index contributed by atoms with van der Waals surface area (Å²) < 4.78 is 6.92. The van der Waals surface area contributed by atoms with Gasteiger partial charge in [-0.1, -0.05) is 30.3 Å². The Bertz CT molecular complexity index is 1110. The Balaban J connectivity index is 1.37. The van der Waals surface area contributed by atoms with Crippen LogP contribution in [-0.4, -0.2) is 45.8 Å². The van der Waals surface area contributed by atoms with E-state index in [-0.39, 0.29) is 11.6 Å². The van der Waals surface area contributed by atoms with Gasteiger partial charge in [-0.25, -0.2) is 14.5 Å². The maximum Gasteiger partial charge on any atom is 0.347 e. The molecule has 1 N–H and O–H groups in total. The second-order valence-corrected chi connectivity index (χ2v) is 8.12. The van der Waals surface area contributed by atoms with E-state index in [9.17, 15) is 9.59 Å². The minimum atomic E-state index is -0.213. The second-order valence-electron chi connectivity index (χ2n) is 8.12. The second kappa shape index (κ2) is 9.20. The number of aromatic nitrogens is 3. The number of carbonyl (C=O) groups excluding carboxylic acids is 1. The SMILES string of the molecule is COc1cccc(CC(=O)N2CCC(Cc3n[nH]c(=O)n3-c3ccccc3C)CC2)c1. The van der Waals surface area contributed by atoms with Crippen LogP contribution in [0.25, 0.3) is 5.69 Å². The van der Waals surface area contributed by atoms with Crippen LogP contribution >= 0.6 is 0 Å². The number of H-pyrrole nitrogens is 1. The van der Waals surface area contributed by atoms with Gasteiger partial charge in [-0.05, 0) is 55.0 Å². The summed E-state index contributed by atoms with van der Waals surface area (Å²) >= 11 is 0. The molecule has 1 fully saturated rings. The predicted octanol–water partition coefficient (Wildman–Crippen LogP) is 2.90. The smallest absolute Gasteiger partial charge is 0.347 e. The number of piperidine rings is 1. The molecule has 2 heterocycles. The molecule has 0 saturated carbocycles. The van der Waals surface area contributed by atoms with Gasteiger partial charge >= 0.3 is 5.69 Å². The third-order valence-electron chi connectivity index (χ3n) is 6.03. The summed E-state index contributed by atoms with van der Waals surface area (Å²) in [5, 5.41) is 6.89. The molecule has 1 aliphatic heterocycles. The molecule has 0 atom stereocenters. The fourth-order valence-corrected chi connectivity index (χ4v) is 4.24. The van der Waals surface area contributed by atoms with Crippen LogP contribution < -0.4 is 10.4 Å². The van der Waals surface area contributed by atoms with Gasteiger partial charge in [0, 0.05) is 19.5 Å². The van der Waals surface area contributed by atoms with Gasteiger partial charge in [-0.2, -0.15) is 5.10 Å². The average Bonchev–Trinajstić information content (AvgIpc) is 3.14. The van der Waals surface area contributed by atoms with Crippen LogP contribution in [0.3, 0.4) is 0 Å². The zero-order valence-electron chi connectivity index (χ0n) is 18.0. The molecule has 162 valence electrons. The number of methoxy groups -OCH3 is 1. The minimum Gasteiger partial charge on any atom is -0.497 e. The normalized spacial score (nSPS) is 14.6. The van der Waals surface area contributed by atoms with Crippen LogP contribution in [-0.2, 0) is 17.6 Å². The van der Waals surface area contributed by atoms with Crippen molar-refractivity contribution >= 4 is 5.91 Å². The van der Waals surface area contributed by atoms with Crippen molar-refractivity contribution in [2.24, 2.45) is 5.92 Å². The number of nitrogens with zero attached hydrogens (tertiary/aromatic N) is 3. The van der Waals surface area contributed by atoms with Gasteiger partial charge < -0.3 is 9.64 Å². The number of hydrogen-bond acceptors (Lipinski definition) is 4. The summed E-state index contributed by atoms with van der Waals surface area (Å²) in [6.45, 7) is 3.45. The number of likely N-dealkylation sites (tertiary alicyclic amines) is 1. The summed E-state index contributed by atoms with van der Waals surface area (Å²) in [6, 6.07) is 15.5. The largest absolute Gasteiger partial charge is 0.497 e. The van der Waals surface area contributed by atoms with Crippen LogP contribution in [0.2, 0.25) is 0 Å². The molecule has 2 aromatic carbocycles. The third kappa shape index (κ3) is 4.71. The Morgan fingerprint density at radius 3 is 2.68 bits per heavy atom. The molecule has 1 aliphatic rings. The minimum absolute atomic E-state index is 0.142. The van der Waals surface area contributed by atoms with Gasteiger partial charge in [0.2, 0.25) is 5.91 Å². The molecule has 7 heteroatoms. The van der Waals surface area contributed by atoms with Crippen molar-refractivity contribution < 1.29 is 9.53 Å². The van der Waals surface area contributed by atoms with Gasteiger partial charge in [0.05, 0.1) is 19.2 Å². The molecule has 1 saturated heterocycles. The van der Waals surface area contributed by atoms with Crippen molar-refractivity contribution in [2.75, 3.05) is 20.2 Å². The van der Waals surface area contributed by atoms with E-state index in [0.717, 1.165) is 54.3 Å². The standard InChI is InChI=1S/C24H28N4O3/c1-17-6-3-4-9-21(17)28-22(25-26-24(28)30)15-18-10-12-27(13-11-18)23(29)16-19-7-5-8-20(14-19)31-2/h3-9,14,18H,10-13,15-16H2,1-2H3,(H,26,30). The first-order chi connectivity index (χ1) is 15.0. The van der Waals surface area contributed by atoms with Crippen molar-refractivity contribution in [2.45, 2.75) is 32.6 Å². The highest BCUT2D eigenvalue weighted by atomic mass is 16.5. The molecule has 0 aliphatic carbocycles. The number of aryl methyl sites for hydroxylation is 1. The highest BCUT2D eigenvalue weighted by Crippen LogP contribution is 2.23. The van der Waals surface area contributed by atoms with E-state index in [2.05, 4.69) is 10.2 Å². The average molecular weight is 421 g/mol. The Morgan fingerprint density at radius 2 is 1.94 bits per heavy atom. The Labute approximate surface area is 181 Å². The van der Waals surface area contributed by atoms with Gasteiger partial charge in [0.15, 0.2) is 0 Å². The number of para-hydroxylation sites is 1. The first-order valence-electron chi connectivity index (χ1n) is 10.7. The first-order valence-corrected chi connectivity index (χ1v) is 10.7. The van der Waals surface area contributed by atoms with E-state index < -0.39 is 0 Å². The van der Waals surface area contributed by atoms with Gasteiger partial charge in [-0.15, -0.1) is 0 Å². The van der Waals surface area contributed by atoms with E-state index in [4.69, 9.17) is 4.74 Å². The van der Waals surface area contributed by atoms with E-state index >= 15 is 0 Å². The Morgan fingerprint density at radius 1 is 1.16 bits per heavy atom. The number of hydrogen-bond donors (Lipinski definition) is 1. The molecule has 0 spiro atoms.